The van der Waals surface area contributed by atoms with Crippen molar-refractivity contribution in [3.05, 3.63) is 23.7 Å². The molecule has 0 fully saturated rings. The summed E-state index contributed by atoms with van der Waals surface area (Å²) >= 11 is 0. The maximum atomic E-state index is 5.80. The maximum Gasteiger partial charge on any atom is 0.118 e. The summed E-state index contributed by atoms with van der Waals surface area (Å²) in [6, 6.07) is 4.17. The van der Waals surface area contributed by atoms with Crippen LogP contribution in [0.15, 0.2) is 16.5 Å². The molecule has 1 aromatic rings. The van der Waals surface area contributed by atoms with Gasteiger partial charge in [0.1, 0.15) is 11.5 Å². The van der Waals surface area contributed by atoms with Crippen LogP contribution in [0.25, 0.3) is 0 Å². The molecule has 104 valence electrons. The molecule has 0 spiro atoms. The predicted octanol–water partition coefficient (Wildman–Crippen LogP) is 3.26. The van der Waals surface area contributed by atoms with Crippen molar-refractivity contribution in [2.75, 3.05) is 20.1 Å². The average molecular weight is 252 g/mol. The van der Waals surface area contributed by atoms with Crippen LogP contribution >= 0.6 is 0 Å². The zero-order valence-corrected chi connectivity index (χ0v) is 12.3. The molecule has 18 heavy (non-hydrogen) atoms. The molecule has 0 saturated carbocycles. The Morgan fingerprint density at radius 3 is 2.39 bits per heavy atom. The summed E-state index contributed by atoms with van der Waals surface area (Å²) in [5.41, 5.74) is 0. The molecule has 1 rings (SSSR count). The van der Waals surface area contributed by atoms with Gasteiger partial charge in [0.05, 0.1) is 13.1 Å². The highest BCUT2D eigenvalue weighted by Crippen LogP contribution is 2.14. The van der Waals surface area contributed by atoms with Crippen molar-refractivity contribution in [1.29, 1.82) is 0 Å². The fraction of sp³-hybridized carbons (Fsp3) is 0.733. The van der Waals surface area contributed by atoms with Crippen LogP contribution in [0.5, 0.6) is 0 Å². The van der Waals surface area contributed by atoms with E-state index in [1.165, 1.54) is 19.4 Å². The van der Waals surface area contributed by atoms with Crippen molar-refractivity contribution in [3.63, 3.8) is 0 Å². The number of furan rings is 1. The van der Waals surface area contributed by atoms with E-state index in [0.29, 0.717) is 0 Å². The molecule has 0 aliphatic rings. The van der Waals surface area contributed by atoms with Crippen LogP contribution in [0, 0.1) is 5.92 Å². The van der Waals surface area contributed by atoms with Gasteiger partial charge in [-0.3, -0.25) is 4.90 Å². The third kappa shape index (κ3) is 4.83. The zero-order chi connectivity index (χ0) is 13.4. The smallest absolute Gasteiger partial charge is 0.118 e. The molecule has 0 aliphatic carbocycles. The monoisotopic (exact) mass is 252 g/mol. The molecule has 3 heteroatoms. The molecule has 0 bridgehead atoms. The summed E-state index contributed by atoms with van der Waals surface area (Å²) in [5.74, 6) is 2.90. The van der Waals surface area contributed by atoms with Gasteiger partial charge < -0.3 is 9.73 Å². The molecule has 0 radical (unpaired) electrons. The summed E-state index contributed by atoms with van der Waals surface area (Å²) in [6.45, 7) is 10.8. The van der Waals surface area contributed by atoms with Gasteiger partial charge in [0, 0.05) is 6.54 Å². The third-order valence-corrected chi connectivity index (χ3v) is 3.57. The van der Waals surface area contributed by atoms with Gasteiger partial charge in [0.15, 0.2) is 0 Å². The van der Waals surface area contributed by atoms with E-state index in [-0.39, 0.29) is 0 Å². The number of rotatable bonds is 9. The van der Waals surface area contributed by atoms with Crippen LogP contribution in [0.1, 0.15) is 45.1 Å². The van der Waals surface area contributed by atoms with E-state index in [4.69, 9.17) is 4.42 Å². The van der Waals surface area contributed by atoms with Crippen LogP contribution in [0.4, 0.5) is 0 Å². The van der Waals surface area contributed by atoms with Gasteiger partial charge in [-0.2, -0.15) is 0 Å². The summed E-state index contributed by atoms with van der Waals surface area (Å²) in [6.07, 6.45) is 2.52. The summed E-state index contributed by atoms with van der Waals surface area (Å²) in [4.78, 5) is 2.47. The largest absolute Gasteiger partial charge is 0.463 e. The van der Waals surface area contributed by atoms with E-state index in [1.54, 1.807) is 0 Å². The molecular weight excluding hydrogens is 224 g/mol. The lowest BCUT2D eigenvalue weighted by Crippen LogP contribution is -2.28. The van der Waals surface area contributed by atoms with Gasteiger partial charge in [0.2, 0.25) is 0 Å². The van der Waals surface area contributed by atoms with E-state index >= 15 is 0 Å². The minimum atomic E-state index is 0.802. The SMILES string of the molecule is CCC(CC)CN(CC)Cc1ccc(CNC)o1. The first kappa shape index (κ1) is 15.3. The van der Waals surface area contributed by atoms with E-state index in [0.717, 1.165) is 37.1 Å². The van der Waals surface area contributed by atoms with Crippen LogP contribution in [-0.2, 0) is 13.1 Å². The number of hydrogen-bond acceptors (Lipinski definition) is 3. The van der Waals surface area contributed by atoms with Gasteiger partial charge in [-0.05, 0) is 31.6 Å². The second-order valence-electron chi connectivity index (χ2n) is 4.91. The lowest BCUT2D eigenvalue weighted by atomic mass is 10.0. The second-order valence-corrected chi connectivity index (χ2v) is 4.91. The number of nitrogens with one attached hydrogen (secondary N) is 1. The Labute approximate surface area is 112 Å². The maximum absolute atomic E-state index is 5.80. The molecule has 0 amide bonds. The van der Waals surface area contributed by atoms with Gasteiger partial charge in [0.25, 0.3) is 0 Å². The van der Waals surface area contributed by atoms with Gasteiger partial charge in [-0.15, -0.1) is 0 Å². The highest BCUT2D eigenvalue weighted by Gasteiger charge is 2.12. The molecule has 1 heterocycles. The van der Waals surface area contributed by atoms with E-state index < -0.39 is 0 Å². The minimum absolute atomic E-state index is 0.802. The Kier molecular flexibility index (Phi) is 7.06. The Balaban J connectivity index is 2.50. The molecule has 0 unspecified atom stereocenters. The van der Waals surface area contributed by atoms with E-state index in [9.17, 15) is 0 Å². The van der Waals surface area contributed by atoms with Crippen molar-refractivity contribution >= 4 is 0 Å². The van der Waals surface area contributed by atoms with Crippen LogP contribution in [0.3, 0.4) is 0 Å². The molecule has 1 N–H and O–H groups in total. The molecular formula is C15H28N2O. The molecule has 0 aliphatic heterocycles. The predicted molar refractivity (Wildman–Crippen MR) is 76.5 cm³/mol. The second kappa shape index (κ2) is 8.33. The molecule has 0 saturated heterocycles. The van der Waals surface area contributed by atoms with Crippen molar-refractivity contribution in [3.8, 4) is 0 Å². The summed E-state index contributed by atoms with van der Waals surface area (Å²) in [7, 11) is 1.94. The summed E-state index contributed by atoms with van der Waals surface area (Å²) in [5, 5.41) is 3.11. The highest BCUT2D eigenvalue weighted by atomic mass is 16.3. The first-order chi connectivity index (χ1) is 8.73. The topological polar surface area (TPSA) is 28.4 Å². The Morgan fingerprint density at radius 1 is 1.17 bits per heavy atom. The lowest BCUT2D eigenvalue weighted by Gasteiger charge is -2.24. The minimum Gasteiger partial charge on any atom is -0.463 e. The first-order valence-corrected chi connectivity index (χ1v) is 7.17. The van der Waals surface area contributed by atoms with Gasteiger partial charge in [-0.1, -0.05) is 33.6 Å². The van der Waals surface area contributed by atoms with Crippen LogP contribution in [0.2, 0.25) is 0 Å². The normalized spacial score (nSPS) is 11.7. The van der Waals surface area contributed by atoms with Crippen LogP contribution in [-0.4, -0.2) is 25.0 Å². The number of hydrogen-bond donors (Lipinski definition) is 1. The first-order valence-electron chi connectivity index (χ1n) is 7.17. The summed E-state index contributed by atoms with van der Waals surface area (Å²) < 4.78 is 5.80. The molecule has 1 aromatic heterocycles. The Morgan fingerprint density at radius 2 is 1.83 bits per heavy atom. The third-order valence-electron chi connectivity index (χ3n) is 3.57. The van der Waals surface area contributed by atoms with Gasteiger partial charge >= 0.3 is 0 Å². The number of nitrogens with zero attached hydrogens (tertiary/aromatic N) is 1. The Hall–Kier alpha value is -0.800. The van der Waals surface area contributed by atoms with Crippen LogP contribution < -0.4 is 5.32 Å². The van der Waals surface area contributed by atoms with Gasteiger partial charge in [-0.25, -0.2) is 0 Å². The van der Waals surface area contributed by atoms with Crippen molar-refractivity contribution in [2.45, 2.75) is 46.7 Å². The average Bonchev–Trinajstić information content (AvgIpc) is 2.82. The zero-order valence-electron chi connectivity index (χ0n) is 12.3. The fourth-order valence-electron chi connectivity index (χ4n) is 2.21. The lowest BCUT2D eigenvalue weighted by molar-refractivity contribution is 0.209. The highest BCUT2D eigenvalue weighted by molar-refractivity contribution is 5.07. The van der Waals surface area contributed by atoms with Crippen molar-refractivity contribution < 1.29 is 4.42 Å². The fourth-order valence-corrected chi connectivity index (χ4v) is 2.21. The van der Waals surface area contributed by atoms with E-state index in [1.807, 2.05) is 7.05 Å². The van der Waals surface area contributed by atoms with Crippen molar-refractivity contribution in [1.82, 2.24) is 10.2 Å². The standard InChI is InChI=1S/C15H28N2O/c1-5-13(6-2)11-17(7-3)12-15-9-8-14(18-15)10-16-4/h8-9,13,16H,5-7,10-12H2,1-4H3. The quantitative estimate of drug-likeness (QED) is 0.731. The molecule has 0 atom stereocenters. The van der Waals surface area contributed by atoms with Crippen molar-refractivity contribution in [2.24, 2.45) is 5.92 Å². The molecule has 0 aromatic carbocycles. The molecule has 3 nitrogen and oxygen atoms in total. The van der Waals surface area contributed by atoms with E-state index in [2.05, 4.69) is 43.1 Å². The Bertz CT molecular complexity index is 318.